The van der Waals surface area contributed by atoms with Crippen LogP contribution in [0.25, 0.3) is 0 Å². The van der Waals surface area contributed by atoms with Crippen molar-refractivity contribution in [2.24, 2.45) is 5.92 Å². The molecule has 3 aliphatic heterocycles. The van der Waals surface area contributed by atoms with Crippen molar-refractivity contribution in [1.82, 2.24) is 14.8 Å². The van der Waals surface area contributed by atoms with Crippen molar-refractivity contribution in [2.45, 2.75) is 69.4 Å². The van der Waals surface area contributed by atoms with Crippen LogP contribution in [0.3, 0.4) is 0 Å². The maximum absolute atomic E-state index is 14.0. The van der Waals surface area contributed by atoms with E-state index >= 15 is 0 Å². The molecule has 0 radical (unpaired) electrons. The molecule has 4 atom stereocenters. The van der Waals surface area contributed by atoms with Gasteiger partial charge < -0.3 is 19.4 Å². The van der Waals surface area contributed by atoms with Gasteiger partial charge in [0.25, 0.3) is 5.91 Å². The monoisotopic (exact) mass is 537 g/mol. The molecule has 1 aromatic heterocycles. The van der Waals surface area contributed by atoms with Gasteiger partial charge in [0.2, 0.25) is 0 Å². The van der Waals surface area contributed by atoms with Crippen LogP contribution in [0.15, 0.2) is 42.5 Å². The van der Waals surface area contributed by atoms with E-state index in [0.717, 1.165) is 86.7 Å². The fraction of sp³-hybridized carbons (Fsp3) is 0.500. The highest BCUT2D eigenvalue weighted by Gasteiger charge is 2.65. The molecule has 1 unspecified atom stereocenters. The number of carbonyl (C=O) groups is 1. The molecular weight excluding hydrogens is 498 g/mol. The predicted octanol–water partition coefficient (Wildman–Crippen LogP) is 5.55. The van der Waals surface area contributed by atoms with E-state index in [4.69, 9.17) is 9.47 Å². The summed E-state index contributed by atoms with van der Waals surface area (Å²) in [6.45, 7) is 8.21. The minimum Gasteiger partial charge on any atom is -0.493 e. The third kappa shape index (κ3) is 3.17. The SMILES string of the molecule is CCN1CCC23c4c5ccc(OC)c4O[C@H]2c2[nH]c(C(=O)N4CCC(c6ccccc6)CC4)c(C)c2C[C@H]3[C@H]1C5. The number of fused-ring (bicyclic) bond motifs is 2. The van der Waals surface area contributed by atoms with Gasteiger partial charge in [-0.15, -0.1) is 0 Å². The highest BCUT2D eigenvalue weighted by atomic mass is 16.5. The van der Waals surface area contributed by atoms with Gasteiger partial charge in [-0.25, -0.2) is 0 Å². The van der Waals surface area contributed by atoms with Crippen LogP contribution < -0.4 is 9.47 Å². The third-order valence-corrected chi connectivity index (χ3v) is 11.2. The average molecular weight is 538 g/mol. The minimum atomic E-state index is -0.0998. The van der Waals surface area contributed by atoms with Crippen LogP contribution in [0, 0.1) is 12.8 Å². The van der Waals surface area contributed by atoms with Crippen LogP contribution in [-0.2, 0) is 18.3 Å². The van der Waals surface area contributed by atoms with E-state index in [1.807, 2.05) is 0 Å². The number of nitrogens with one attached hydrogen (secondary N) is 1. The number of aromatic nitrogens is 1. The Kier molecular flexibility index (Phi) is 5.44. The van der Waals surface area contributed by atoms with Crippen molar-refractivity contribution >= 4 is 5.91 Å². The van der Waals surface area contributed by atoms with Gasteiger partial charge in [0.15, 0.2) is 11.5 Å². The molecule has 5 aliphatic rings. The van der Waals surface area contributed by atoms with Gasteiger partial charge in [-0.05, 0) is 92.3 Å². The largest absolute Gasteiger partial charge is 0.493 e. The summed E-state index contributed by atoms with van der Waals surface area (Å²) in [7, 11) is 1.74. The van der Waals surface area contributed by atoms with E-state index in [1.165, 1.54) is 22.3 Å². The topological polar surface area (TPSA) is 57.8 Å². The maximum Gasteiger partial charge on any atom is 0.270 e. The van der Waals surface area contributed by atoms with Crippen molar-refractivity contribution in [2.75, 3.05) is 33.3 Å². The number of methoxy groups -OCH3 is 1. The zero-order valence-corrected chi connectivity index (χ0v) is 23.8. The van der Waals surface area contributed by atoms with Crippen LogP contribution >= 0.6 is 0 Å². The number of piperidine rings is 2. The molecule has 6 nitrogen and oxygen atoms in total. The summed E-state index contributed by atoms with van der Waals surface area (Å²) in [6.07, 6.45) is 5.06. The number of H-pyrrole nitrogens is 1. The number of nitrogens with zero attached hydrogens (tertiary/aromatic N) is 2. The van der Waals surface area contributed by atoms with E-state index < -0.39 is 0 Å². The Balaban J connectivity index is 1.16. The summed E-state index contributed by atoms with van der Waals surface area (Å²) in [4.78, 5) is 22.5. The minimum absolute atomic E-state index is 0.0631. The second kappa shape index (κ2) is 8.87. The Bertz CT molecular complexity index is 1490. The molecule has 0 saturated carbocycles. The number of hydrogen-bond donors (Lipinski definition) is 1. The van der Waals surface area contributed by atoms with Gasteiger partial charge >= 0.3 is 0 Å². The van der Waals surface area contributed by atoms with Gasteiger partial charge in [-0.2, -0.15) is 0 Å². The third-order valence-electron chi connectivity index (χ3n) is 11.2. The highest BCUT2D eigenvalue weighted by Crippen LogP contribution is 2.67. The lowest BCUT2D eigenvalue weighted by Gasteiger charge is -2.58. The maximum atomic E-state index is 14.0. The number of hydrogen-bond acceptors (Lipinski definition) is 4. The van der Waals surface area contributed by atoms with Gasteiger partial charge in [-0.1, -0.05) is 43.3 Å². The second-order valence-electron chi connectivity index (χ2n) is 12.6. The Morgan fingerprint density at radius 1 is 1.10 bits per heavy atom. The number of amides is 1. The number of ether oxygens (including phenoxy) is 2. The molecule has 40 heavy (non-hydrogen) atoms. The summed E-state index contributed by atoms with van der Waals surface area (Å²) in [5.41, 5.74) is 8.47. The van der Waals surface area contributed by atoms with E-state index in [9.17, 15) is 4.79 Å². The Morgan fingerprint density at radius 3 is 2.65 bits per heavy atom. The summed E-state index contributed by atoms with van der Waals surface area (Å²) in [6, 6.07) is 15.6. The molecule has 1 amide bonds. The average Bonchev–Trinajstić information content (AvgIpc) is 3.51. The fourth-order valence-electron chi connectivity index (χ4n) is 9.23. The van der Waals surface area contributed by atoms with E-state index in [2.05, 4.69) is 71.1 Å². The van der Waals surface area contributed by atoms with Gasteiger partial charge in [-0.3, -0.25) is 9.69 Å². The molecule has 2 aromatic carbocycles. The standard InChI is InChI=1S/C34H39N3O3/c1-4-36-17-14-34-25-19-24-20(2)29(33(38)37-15-12-22(13-16-37)21-8-6-5-7-9-21)35-30(24)32(34)40-31-27(39-3)11-10-23(28(31)34)18-26(25)36/h5-11,22,25-26,32,35H,4,12-19H2,1-3H3/t25-,26+,32-,34?/m0/s1. The first-order chi connectivity index (χ1) is 19.5. The van der Waals surface area contributed by atoms with Crippen molar-refractivity contribution < 1.29 is 14.3 Å². The molecule has 1 N–H and O–H groups in total. The van der Waals surface area contributed by atoms with E-state index in [-0.39, 0.29) is 17.4 Å². The number of likely N-dealkylation sites (N-methyl/N-ethyl adjacent to an activating group) is 1. The quantitative estimate of drug-likeness (QED) is 0.475. The Hall–Kier alpha value is -3.25. The normalized spacial score (nSPS) is 28.6. The molecule has 208 valence electrons. The lowest BCUT2D eigenvalue weighted by atomic mass is 9.51. The number of benzene rings is 2. The summed E-state index contributed by atoms with van der Waals surface area (Å²) in [5, 5.41) is 0. The Morgan fingerprint density at radius 2 is 1.90 bits per heavy atom. The van der Waals surface area contributed by atoms with Crippen LogP contribution in [0.1, 0.15) is 82.2 Å². The number of likely N-dealkylation sites (tertiary alicyclic amines) is 2. The molecular formula is C34H39N3O3. The van der Waals surface area contributed by atoms with Gasteiger partial charge in [0, 0.05) is 30.1 Å². The molecule has 8 rings (SSSR count). The molecule has 6 heteroatoms. The zero-order valence-electron chi connectivity index (χ0n) is 23.8. The summed E-state index contributed by atoms with van der Waals surface area (Å²) < 4.78 is 12.8. The molecule has 2 saturated heterocycles. The fourth-order valence-corrected chi connectivity index (χ4v) is 9.23. The zero-order chi connectivity index (χ0) is 27.2. The lowest BCUT2D eigenvalue weighted by Crippen LogP contribution is -2.62. The van der Waals surface area contributed by atoms with E-state index in [1.54, 1.807) is 7.11 Å². The number of aromatic amines is 1. The number of rotatable bonds is 4. The molecule has 3 aromatic rings. The first-order valence-corrected chi connectivity index (χ1v) is 15.2. The molecule has 1 spiro atoms. The second-order valence-corrected chi connectivity index (χ2v) is 12.6. The number of carbonyl (C=O) groups excluding carboxylic acids is 1. The summed E-state index contributed by atoms with van der Waals surface area (Å²) >= 11 is 0. The summed E-state index contributed by atoms with van der Waals surface area (Å²) in [5.74, 6) is 2.92. The van der Waals surface area contributed by atoms with Crippen LogP contribution in [0.2, 0.25) is 0 Å². The van der Waals surface area contributed by atoms with Crippen molar-refractivity contribution in [3.05, 3.63) is 81.7 Å². The van der Waals surface area contributed by atoms with Crippen LogP contribution in [-0.4, -0.2) is 60.0 Å². The van der Waals surface area contributed by atoms with Crippen molar-refractivity contribution in [3.63, 3.8) is 0 Å². The Labute approximate surface area is 236 Å². The molecule has 4 heterocycles. The molecule has 2 aliphatic carbocycles. The first kappa shape index (κ1) is 24.5. The molecule has 2 bridgehead atoms. The van der Waals surface area contributed by atoms with E-state index in [0.29, 0.717) is 17.9 Å². The first-order valence-electron chi connectivity index (χ1n) is 15.2. The van der Waals surface area contributed by atoms with Crippen molar-refractivity contribution in [1.29, 1.82) is 0 Å². The lowest BCUT2D eigenvalue weighted by molar-refractivity contribution is -0.0338. The highest BCUT2D eigenvalue weighted by molar-refractivity contribution is 5.94. The van der Waals surface area contributed by atoms with Gasteiger partial charge in [0.05, 0.1) is 12.8 Å². The molecule has 2 fully saturated rings. The smallest absolute Gasteiger partial charge is 0.270 e. The predicted molar refractivity (Wildman–Crippen MR) is 154 cm³/mol. The van der Waals surface area contributed by atoms with Crippen LogP contribution in [0.4, 0.5) is 0 Å². The van der Waals surface area contributed by atoms with Gasteiger partial charge in [0.1, 0.15) is 11.8 Å². The van der Waals surface area contributed by atoms with Crippen molar-refractivity contribution in [3.8, 4) is 11.5 Å². The van der Waals surface area contributed by atoms with Crippen LogP contribution in [0.5, 0.6) is 11.5 Å².